The summed E-state index contributed by atoms with van der Waals surface area (Å²) in [5.74, 6) is 1.03. The van der Waals surface area contributed by atoms with Gasteiger partial charge in [0.15, 0.2) is 0 Å². The van der Waals surface area contributed by atoms with Crippen molar-refractivity contribution in [2.45, 2.75) is 38.3 Å². The lowest BCUT2D eigenvalue weighted by Gasteiger charge is -2.23. The second-order valence-corrected chi connectivity index (χ2v) is 6.71. The Morgan fingerprint density at radius 2 is 2.15 bits per heavy atom. The zero-order chi connectivity index (χ0) is 15.3. The maximum absolute atomic E-state index is 12.5. The SMILES string of the molecule is CCNCc1cc(S(=O)(=O)N(C)C(C)COC)c(C)o1. The maximum Gasteiger partial charge on any atom is 0.246 e. The normalized spacial score (nSPS) is 13.9. The molecule has 0 bridgehead atoms. The Bertz CT molecular complexity index is 524. The number of sulfonamides is 1. The fourth-order valence-corrected chi connectivity index (χ4v) is 3.38. The zero-order valence-corrected chi connectivity index (χ0v) is 13.6. The summed E-state index contributed by atoms with van der Waals surface area (Å²) >= 11 is 0. The van der Waals surface area contributed by atoms with Crippen LogP contribution < -0.4 is 5.32 Å². The molecule has 20 heavy (non-hydrogen) atoms. The van der Waals surface area contributed by atoms with Gasteiger partial charge >= 0.3 is 0 Å². The molecule has 1 N–H and O–H groups in total. The molecule has 6 nitrogen and oxygen atoms in total. The molecule has 0 radical (unpaired) electrons. The van der Waals surface area contributed by atoms with Gasteiger partial charge in [-0.25, -0.2) is 8.42 Å². The number of hydrogen-bond acceptors (Lipinski definition) is 5. The van der Waals surface area contributed by atoms with Crippen molar-refractivity contribution < 1.29 is 17.6 Å². The van der Waals surface area contributed by atoms with Crippen molar-refractivity contribution in [2.75, 3.05) is 27.3 Å². The molecule has 0 aliphatic carbocycles. The van der Waals surface area contributed by atoms with E-state index in [4.69, 9.17) is 9.15 Å². The summed E-state index contributed by atoms with van der Waals surface area (Å²) < 4.78 is 36.9. The zero-order valence-electron chi connectivity index (χ0n) is 12.8. The number of methoxy groups -OCH3 is 1. The van der Waals surface area contributed by atoms with Crippen molar-refractivity contribution in [3.8, 4) is 0 Å². The number of likely N-dealkylation sites (N-methyl/N-ethyl adjacent to an activating group) is 1. The molecule has 0 fully saturated rings. The van der Waals surface area contributed by atoms with Crippen LogP contribution in [0.1, 0.15) is 25.4 Å². The Kier molecular flexibility index (Phi) is 6.19. The predicted octanol–water partition coefficient (Wildman–Crippen LogP) is 1.35. The molecule has 0 aromatic carbocycles. The molecule has 1 heterocycles. The van der Waals surface area contributed by atoms with Crippen molar-refractivity contribution in [3.63, 3.8) is 0 Å². The van der Waals surface area contributed by atoms with Crippen LogP contribution in [0.4, 0.5) is 0 Å². The minimum Gasteiger partial charge on any atom is -0.464 e. The Morgan fingerprint density at radius 3 is 2.70 bits per heavy atom. The fourth-order valence-electron chi connectivity index (χ4n) is 1.85. The number of hydrogen-bond donors (Lipinski definition) is 1. The van der Waals surface area contributed by atoms with E-state index in [-0.39, 0.29) is 10.9 Å². The van der Waals surface area contributed by atoms with Crippen LogP contribution in [-0.2, 0) is 21.3 Å². The molecule has 0 saturated carbocycles. The van der Waals surface area contributed by atoms with Crippen molar-refractivity contribution in [1.82, 2.24) is 9.62 Å². The maximum atomic E-state index is 12.5. The Labute approximate surface area is 121 Å². The van der Waals surface area contributed by atoms with Crippen LogP contribution in [0, 0.1) is 6.92 Å². The van der Waals surface area contributed by atoms with Crippen LogP contribution in [0.25, 0.3) is 0 Å². The van der Waals surface area contributed by atoms with Crippen LogP contribution in [0.2, 0.25) is 0 Å². The summed E-state index contributed by atoms with van der Waals surface area (Å²) in [6.45, 7) is 7.11. The highest BCUT2D eigenvalue weighted by atomic mass is 32.2. The van der Waals surface area contributed by atoms with Gasteiger partial charge in [-0.1, -0.05) is 6.92 Å². The molecule has 0 saturated heterocycles. The minimum atomic E-state index is -3.56. The first-order valence-corrected chi connectivity index (χ1v) is 8.05. The lowest BCUT2D eigenvalue weighted by atomic mass is 10.4. The monoisotopic (exact) mass is 304 g/mol. The molecule has 0 aliphatic rings. The Balaban J connectivity index is 3.00. The standard InChI is InChI=1S/C13H24N2O4S/c1-6-14-8-12-7-13(11(3)19-12)20(16,17)15(4)10(2)9-18-5/h7,10,14H,6,8-9H2,1-5H3. The van der Waals surface area contributed by atoms with E-state index in [2.05, 4.69) is 5.32 Å². The third-order valence-electron chi connectivity index (χ3n) is 3.16. The summed E-state index contributed by atoms with van der Waals surface area (Å²) in [7, 11) is -0.462. The van der Waals surface area contributed by atoms with Gasteiger partial charge < -0.3 is 14.5 Å². The molecule has 1 rings (SSSR count). The van der Waals surface area contributed by atoms with Gasteiger partial charge in [-0.05, 0) is 20.4 Å². The largest absolute Gasteiger partial charge is 0.464 e. The molecule has 1 unspecified atom stereocenters. The van der Waals surface area contributed by atoms with E-state index >= 15 is 0 Å². The molecule has 116 valence electrons. The van der Waals surface area contributed by atoms with Crippen LogP contribution in [0.5, 0.6) is 0 Å². The average molecular weight is 304 g/mol. The summed E-state index contributed by atoms with van der Waals surface area (Å²) in [5.41, 5.74) is 0. The molecule has 0 amide bonds. The van der Waals surface area contributed by atoms with E-state index in [1.807, 2.05) is 6.92 Å². The number of ether oxygens (including phenoxy) is 1. The Hall–Kier alpha value is -0.890. The Morgan fingerprint density at radius 1 is 1.50 bits per heavy atom. The smallest absolute Gasteiger partial charge is 0.246 e. The van der Waals surface area contributed by atoms with E-state index in [0.29, 0.717) is 24.7 Å². The molecule has 0 aliphatic heterocycles. The summed E-state index contributed by atoms with van der Waals surface area (Å²) in [6, 6.07) is 1.35. The van der Waals surface area contributed by atoms with Gasteiger partial charge in [-0.2, -0.15) is 4.31 Å². The molecular weight excluding hydrogens is 280 g/mol. The van der Waals surface area contributed by atoms with Crippen LogP contribution in [0.3, 0.4) is 0 Å². The third kappa shape index (κ3) is 3.82. The van der Waals surface area contributed by atoms with E-state index in [0.717, 1.165) is 6.54 Å². The summed E-state index contributed by atoms with van der Waals surface area (Å²) in [4.78, 5) is 0.218. The number of furan rings is 1. The summed E-state index contributed by atoms with van der Waals surface area (Å²) in [6.07, 6.45) is 0. The molecule has 1 atom stereocenters. The molecule has 1 aromatic heterocycles. The van der Waals surface area contributed by atoms with Crippen LogP contribution in [-0.4, -0.2) is 46.1 Å². The summed E-state index contributed by atoms with van der Waals surface area (Å²) in [5, 5.41) is 3.11. The highest BCUT2D eigenvalue weighted by Crippen LogP contribution is 2.24. The van der Waals surface area contributed by atoms with Gasteiger partial charge in [0.1, 0.15) is 16.4 Å². The lowest BCUT2D eigenvalue weighted by Crippen LogP contribution is -2.37. The van der Waals surface area contributed by atoms with Gasteiger partial charge in [0.05, 0.1) is 13.2 Å². The number of rotatable bonds is 8. The van der Waals surface area contributed by atoms with E-state index in [9.17, 15) is 8.42 Å². The van der Waals surface area contributed by atoms with Gasteiger partial charge in [-0.15, -0.1) is 0 Å². The van der Waals surface area contributed by atoms with Crippen LogP contribution in [0.15, 0.2) is 15.4 Å². The fraction of sp³-hybridized carbons (Fsp3) is 0.692. The number of nitrogens with one attached hydrogen (secondary N) is 1. The van der Waals surface area contributed by atoms with E-state index < -0.39 is 10.0 Å². The minimum absolute atomic E-state index is 0.218. The van der Waals surface area contributed by atoms with Gasteiger partial charge in [0, 0.05) is 26.3 Å². The molecular formula is C13H24N2O4S. The van der Waals surface area contributed by atoms with Crippen molar-refractivity contribution >= 4 is 10.0 Å². The van der Waals surface area contributed by atoms with Gasteiger partial charge in [0.25, 0.3) is 0 Å². The van der Waals surface area contributed by atoms with E-state index in [1.165, 1.54) is 4.31 Å². The quantitative estimate of drug-likeness (QED) is 0.785. The highest BCUT2D eigenvalue weighted by Gasteiger charge is 2.29. The first kappa shape index (κ1) is 17.2. The van der Waals surface area contributed by atoms with Crippen LogP contribution >= 0.6 is 0 Å². The second kappa shape index (κ2) is 7.21. The molecule has 7 heteroatoms. The molecule has 1 aromatic rings. The van der Waals surface area contributed by atoms with Crippen molar-refractivity contribution in [3.05, 3.63) is 17.6 Å². The highest BCUT2D eigenvalue weighted by molar-refractivity contribution is 7.89. The lowest BCUT2D eigenvalue weighted by molar-refractivity contribution is 0.149. The van der Waals surface area contributed by atoms with Gasteiger partial charge in [0.2, 0.25) is 10.0 Å². The average Bonchev–Trinajstić information content (AvgIpc) is 2.77. The molecule has 0 spiro atoms. The predicted molar refractivity (Wildman–Crippen MR) is 77.1 cm³/mol. The third-order valence-corrected chi connectivity index (χ3v) is 5.24. The van der Waals surface area contributed by atoms with E-state index in [1.54, 1.807) is 34.1 Å². The topological polar surface area (TPSA) is 71.8 Å². The number of nitrogens with zero attached hydrogens (tertiary/aromatic N) is 1. The van der Waals surface area contributed by atoms with Gasteiger partial charge in [-0.3, -0.25) is 0 Å². The van der Waals surface area contributed by atoms with Crippen molar-refractivity contribution in [2.24, 2.45) is 0 Å². The number of aryl methyl sites for hydroxylation is 1. The first-order valence-electron chi connectivity index (χ1n) is 6.61. The first-order chi connectivity index (χ1) is 9.34. The van der Waals surface area contributed by atoms with Crippen molar-refractivity contribution in [1.29, 1.82) is 0 Å². The second-order valence-electron chi connectivity index (χ2n) is 4.74.